The van der Waals surface area contributed by atoms with Gasteiger partial charge >= 0.3 is 0 Å². The van der Waals surface area contributed by atoms with Gasteiger partial charge in [-0.1, -0.05) is 0 Å². The van der Waals surface area contributed by atoms with Gasteiger partial charge in [0, 0.05) is 19.6 Å². The van der Waals surface area contributed by atoms with E-state index in [0.717, 1.165) is 6.07 Å². The topological polar surface area (TPSA) is 91.7 Å². The lowest BCUT2D eigenvalue weighted by Crippen LogP contribution is -2.58. The summed E-state index contributed by atoms with van der Waals surface area (Å²) >= 11 is 0. The largest absolute Gasteiger partial charge is 0.459 e. The number of nitrogens with zero attached hydrogens (tertiary/aromatic N) is 3. The van der Waals surface area contributed by atoms with Crippen molar-refractivity contribution in [2.75, 3.05) is 32.8 Å². The highest BCUT2D eigenvalue weighted by Crippen LogP contribution is 2.31. The summed E-state index contributed by atoms with van der Waals surface area (Å²) in [5, 5.41) is 5.88. The third kappa shape index (κ3) is 3.51. The Morgan fingerprint density at radius 3 is 2.61 bits per heavy atom. The summed E-state index contributed by atoms with van der Waals surface area (Å²) < 4.78 is 36.5. The summed E-state index contributed by atoms with van der Waals surface area (Å²) in [5.74, 6) is -0.280. The first-order valence-electron chi connectivity index (χ1n) is 9.07. The Morgan fingerprint density at radius 1 is 1.18 bits per heavy atom. The number of nitrogens with one attached hydrogen (secondary N) is 1. The minimum absolute atomic E-state index is 0.0227. The van der Waals surface area contributed by atoms with E-state index in [2.05, 4.69) is 10.2 Å². The van der Waals surface area contributed by atoms with Crippen molar-refractivity contribution in [3.63, 3.8) is 0 Å². The van der Waals surface area contributed by atoms with Crippen LogP contribution in [0.2, 0.25) is 0 Å². The maximum absolute atomic E-state index is 12.7. The van der Waals surface area contributed by atoms with E-state index < -0.39 is 17.9 Å². The van der Waals surface area contributed by atoms with E-state index in [1.165, 1.54) is 6.26 Å². The number of carbonyl (C=O) groups is 2. The number of likely N-dealkylation sites (tertiary alicyclic amines) is 1. The summed E-state index contributed by atoms with van der Waals surface area (Å²) in [7, 11) is 0. The van der Waals surface area contributed by atoms with Crippen LogP contribution in [0.5, 0.6) is 0 Å². The van der Waals surface area contributed by atoms with E-state index >= 15 is 0 Å². The highest BCUT2D eigenvalue weighted by molar-refractivity contribution is 5.92. The fourth-order valence-electron chi connectivity index (χ4n) is 3.71. The summed E-state index contributed by atoms with van der Waals surface area (Å²) in [6.07, 6.45) is -0.145. The van der Waals surface area contributed by atoms with Crippen molar-refractivity contribution in [3.05, 3.63) is 41.6 Å². The Morgan fingerprint density at radius 2 is 1.96 bits per heavy atom. The van der Waals surface area contributed by atoms with E-state index in [1.54, 1.807) is 21.9 Å². The van der Waals surface area contributed by atoms with Gasteiger partial charge in [-0.2, -0.15) is 5.10 Å². The first-order valence-corrected chi connectivity index (χ1v) is 9.07. The molecule has 0 radical (unpaired) electrons. The molecule has 2 aromatic heterocycles. The van der Waals surface area contributed by atoms with Crippen LogP contribution in [0.3, 0.4) is 0 Å². The highest BCUT2D eigenvalue weighted by Gasteiger charge is 2.42. The van der Waals surface area contributed by atoms with Gasteiger partial charge in [0.15, 0.2) is 11.5 Å². The number of carbonyl (C=O) groups excluding carboxylic acids is 2. The fraction of sp³-hybridized carbons (Fsp3) is 0.500. The maximum atomic E-state index is 12.7. The summed E-state index contributed by atoms with van der Waals surface area (Å²) in [4.78, 5) is 28.3. The summed E-state index contributed by atoms with van der Waals surface area (Å²) in [6.45, 7) is 2.12. The smallest absolute Gasteiger partial charge is 0.289 e. The number of H-pyrrole nitrogens is 1. The molecule has 0 saturated carbocycles. The van der Waals surface area contributed by atoms with Crippen LogP contribution >= 0.6 is 0 Å². The standard InChI is InChI=1S/C18H20F2N4O4/c19-15(20)12-10-13(22-21-12)16(25)23-5-3-18(4-6-23)11-24(7-9-28-18)17(26)14-2-1-8-27-14/h1-2,8,10,15H,3-7,9,11H2,(H,21,22). The number of hydrogen-bond donors (Lipinski definition) is 1. The van der Waals surface area contributed by atoms with Crippen LogP contribution in [0, 0.1) is 0 Å². The van der Waals surface area contributed by atoms with E-state index in [-0.39, 0.29) is 23.1 Å². The van der Waals surface area contributed by atoms with Crippen molar-refractivity contribution < 1.29 is 27.5 Å². The molecule has 2 aliphatic rings. The Labute approximate surface area is 159 Å². The van der Waals surface area contributed by atoms with Crippen molar-refractivity contribution in [1.82, 2.24) is 20.0 Å². The van der Waals surface area contributed by atoms with Gasteiger partial charge in [-0.25, -0.2) is 8.78 Å². The van der Waals surface area contributed by atoms with E-state index in [0.29, 0.717) is 45.6 Å². The number of furan rings is 1. The highest BCUT2D eigenvalue weighted by atomic mass is 19.3. The molecule has 10 heteroatoms. The second kappa shape index (κ2) is 7.34. The van der Waals surface area contributed by atoms with Gasteiger partial charge in [-0.3, -0.25) is 14.7 Å². The van der Waals surface area contributed by atoms with Crippen LogP contribution in [-0.2, 0) is 4.74 Å². The predicted molar refractivity (Wildman–Crippen MR) is 92.0 cm³/mol. The number of morpholine rings is 1. The van der Waals surface area contributed by atoms with Gasteiger partial charge in [0.2, 0.25) is 0 Å². The Kier molecular flexibility index (Phi) is 4.88. The van der Waals surface area contributed by atoms with Crippen LogP contribution in [-0.4, -0.2) is 70.2 Å². The van der Waals surface area contributed by atoms with Gasteiger partial charge in [-0.15, -0.1) is 0 Å². The average molecular weight is 394 g/mol. The van der Waals surface area contributed by atoms with Gasteiger partial charge in [0.25, 0.3) is 18.2 Å². The van der Waals surface area contributed by atoms with Crippen LogP contribution < -0.4 is 0 Å². The molecular formula is C18H20F2N4O4. The zero-order valence-corrected chi connectivity index (χ0v) is 15.1. The summed E-state index contributed by atoms with van der Waals surface area (Å²) in [6, 6.07) is 4.38. The number of amides is 2. The number of halogens is 2. The second-order valence-corrected chi connectivity index (χ2v) is 7.04. The van der Waals surface area contributed by atoms with Gasteiger partial charge in [0.1, 0.15) is 5.69 Å². The molecule has 2 aromatic rings. The molecule has 1 spiro atoms. The monoisotopic (exact) mass is 394 g/mol. The molecule has 8 nitrogen and oxygen atoms in total. The maximum Gasteiger partial charge on any atom is 0.289 e. The minimum atomic E-state index is -2.70. The SMILES string of the molecule is O=C(c1cc(C(F)F)[nH]n1)N1CCC2(CC1)CN(C(=O)c1ccco1)CCO2. The molecule has 1 N–H and O–H groups in total. The van der Waals surface area contributed by atoms with Crippen LogP contribution in [0.1, 0.15) is 46.0 Å². The van der Waals surface area contributed by atoms with Crippen molar-refractivity contribution in [1.29, 1.82) is 0 Å². The molecule has 0 atom stereocenters. The third-order valence-electron chi connectivity index (χ3n) is 5.28. The normalized spacial score (nSPS) is 19.4. The van der Waals surface area contributed by atoms with E-state index in [1.807, 2.05) is 0 Å². The number of piperidine rings is 1. The number of ether oxygens (including phenoxy) is 1. The molecule has 28 heavy (non-hydrogen) atoms. The number of aromatic nitrogens is 2. The molecule has 2 aliphatic heterocycles. The lowest BCUT2D eigenvalue weighted by atomic mass is 9.89. The third-order valence-corrected chi connectivity index (χ3v) is 5.28. The Balaban J connectivity index is 1.38. The van der Waals surface area contributed by atoms with E-state index in [4.69, 9.17) is 9.15 Å². The van der Waals surface area contributed by atoms with Crippen LogP contribution in [0.15, 0.2) is 28.9 Å². The van der Waals surface area contributed by atoms with Crippen molar-refractivity contribution in [3.8, 4) is 0 Å². The molecule has 0 unspecified atom stereocenters. The number of hydrogen-bond acceptors (Lipinski definition) is 5. The predicted octanol–water partition coefficient (Wildman–Crippen LogP) is 2.09. The molecular weight excluding hydrogens is 374 g/mol. The van der Waals surface area contributed by atoms with Crippen molar-refractivity contribution >= 4 is 11.8 Å². The molecule has 2 fully saturated rings. The number of rotatable bonds is 3. The summed E-state index contributed by atoms with van der Waals surface area (Å²) in [5.41, 5.74) is -0.915. The Bertz CT molecular complexity index is 844. The van der Waals surface area contributed by atoms with E-state index in [9.17, 15) is 18.4 Å². The first kappa shape index (κ1) is 18.6. The zero-order chi connectivity index (χ0) is 19.7. The second-order valence-electron chi connectivity index (χ2n) is 7.04. The average Bonchev–Trinajstić information content (AvgIpc) is 3.40. The van der Waals surface area contributed by atoms with Crippen LogP contribution in [0.4, 0.5) is 8.78 Å². The molecule has 150 valence electrons. The zero-order valence-electron chi connectivity index (χ0n) is 15.1. The number of alkyl halides is 2. The first-order chi connectivity index (χ1) is 13.5. The molecule has 0 aliphatic carbocycles. The molecule has 0 bridgehead atoms. The minimum Gasteiger partial charge on any atom is -0.459 e. The molecule has 2 amide bonds. The number of aromatic amines is 1. The molecule has 2 saturated heterocycles. The lowest BCUT2D eigenvalue weighted by Gasteiger charge is -2.47. The van der Waals surface area contributed by atoms with Crippen molar-refractivity contribution in [2.45, 2.75) is 24.9 Å². The quantitative estimate of drug-likeness (QED) is 0.861. The van der Waals surface area contributed by atoms with Gasteiger partial charge in [0.05, 0.1) is 25.0 Å². The van der Waals surface area contributed by atoms with Crippen LogP contribution in [0.25, 0.3) is 0 Å². The molecule has 4 rings (SSSR count). The Hall–Kier alpha value is -2.75. The van der Waals surface area contributed by atoms with Gasteiger partial charge in [-0.05, 0) is 31.0 Å². The fourth-order valence-corrected chi connectivity index (χ4v) is 3.71. The lowest BCUT2D eigenvalue weighted by molar-refractivity contribution is -0.124. The van der Waals surface area contributed by atoms with Gasteiger partial charge < -0.3 is 19.0 Å². The molecule has 4 heterocycles. The molecule has 0 aromatic carbocycles. The van der Waals surface area contributed by atoms with Crippen molar-refractivity contribution in [2.24, 2.45) is 0 Å².